The number of hydrogen-bond donors (Lipinski definition) is 1. The maximum Gasteiger partial charge on any atom is 0.258 e. The van der Waals surface area contributed by atoms with Crippen LogP contribution in [-0.2, 0) is 29.1 Å². The molecule has 0 bridgehead atoms. The molecule has 0 saturated carbocycles. The first-order valence-corrected chi connectivity index (χ1v) is 14.8. The van der Waals surface area contributed by atoms with Crippen LogP contribution < -0.4 is 25.4 Å². The summed E-state index contributed by atoms with van der Waals surface area (Å²) in [7, 11) is 1.70. The smallest absolute Gasteiger partial charge is 0.258 e. The number of nitrogens with one attached hydrogen (secondary N) is 1. The lowest BCUT2D eigenvalue weighted by Crippen LogP contribution is -2.47. The average molecular weight is 582 g/mol. The highest BCUT2D eigenvalue weighted by atomic mass is 16.5. The summed E-state index contributed by atoms with van der Waals surface area (Å²) in [6.07, 6.45) is 5.08. The minimum atomic E-state index is -1.14. The van der Waals surface area contributed by atoms with Crippen LogP contribution in [0.3, 0.4) is 0 Å². The van der Waals surface area contributed by atoms with Gasteiger partial charge in [-0.25, -0.2) is 0 Å². The Kier molecular flexibility index (Phi) is 8.92. The summed E-state index contributed by atoms with van der Waals surface area (Å²) in [6.45, 7) is 8.20. The van der Waals surface area contributed by atoms with Gasteiger partial charge in [0.1, 0.15) is 11.2 Å². The van der Waals surface area contributed by atoms with Crippen molar-refractivity contribution in [2.45, 2.75) is 46.7 Å². The molecule has 0 saturated heterocycles. The molecule has 2 aromatic heterocycles. The molecule has 0 unspecified atom stereocenters. The van der Waals surface area contributed by atoms with E-state index in [0.717, 1.165) is 35.0 Å². The molecular formula is C34H39N5O4. The molecule has 2 amide bonds. The molecule has 0 atom stereocenters. The fraction of sp³-hybridized carbons (Fsp3) is 0.353. The molecule has 3 heterocycles. The number of anilines is 2. The molecule has 1 aliphatic rings. The van der Waals surface area contributed by atoms with Crippen LogP contribution in [0.15, 0.2) is 77.9 Å². The molecule has 0 spiro atoms. The van der Waals surface area contributed by atoms with Gasteiger partial charge in [-0.3, -0.25) is 19.4 Å². The lowest BCUT2D eigenvalue weighted by Gasteiger charge is -2.27. The summed E-state index contributed by atoms with van der Waals surface area (Å²) in [6, 6.07) is 19.1. The third-order valence-corrected chi connectivity index (χ3v) is 8.08. The Morgan fingerprint density at radius 3 is 2.58 bits per heavy atom. The fourth-order valence-electron chi connectivity index (χ4n) is 5.57. The predicted octanol–water partition coefficient (Wildman–Crippen LogP) is 4.55. The van der Waals surface area contributed by atoms with E-state index in [9.17, 15) is 14.4 Å². The molecule has 0 fully saturated rings. The molecule has 4 aromatic rings. The van der Waals surface area contributed by atoms with Gasteiger partial charge in [0.2, 0.25) is 11.8 Å². The number of fused-ring (bicyclic) bond motifs is 2. The number of aromatic nitrogens is 2. The molecule has 2 aromatic carbocycles. The van der Waals surface area contributed by atoms with E-state index in [4.69, 9.17) is 4.74 Å². The summed E-state index contributed by atoms with van der Waals surface area (Å²) in [5.74, 6) is 0.208. The summed E-state index contributed by atoms with van der Waals surface area (Å²) in [4.78, 5) is 46.8. The quantitative estimate of drug-likeness (QED) is 0.206. The van der Waals surface area contributed by atoms with Crippen LogP contribution in [0, 0.1) is 5.41 Å². The fourth-order valence-corrected chi connectivity index (χ4v) is 5.57. The number of carbonyl (C=O) groups excluding carboxylic acids is 2. The third kappa shape index (κ3) is 6.17. The Balaban J connectivity index is 1.14. The number of pyridine rings is 2. The second-order valence-electron chi connectivity index (χ2n) is 11.3. The zero-order chi connectivity index (χ0) is 30.6. The Labute approximate surface area is 252 Å². The van der Waals surface area contributed by atoms with E-state index in [1.54, 1.807) is 41.5 Å². The standard InChI is InChI=1S/C34H39N5O4/c1-5-39-29-14-13-26(22-30(29)37(4)32(41)34(2,3)33(39)42)43-21-9-17-35-23-25-11-8-18-36-28(25)16-20-38-19-15-24-10-6-7-12-27(24)31(38)40/h6-8,10-15,18-19,22,35H,5,9,16-17,20-21,23H2,1-4H3. The van der Waals surface area contributed by atoms with E-state index in [2.05, 4.69) is 16.4 Å². The minimum absolute atomic E-state index is 0.0152. The Morgan fingerprint density at radius 1 is 0.953 bits per heavy atom. The van der Waals surface area contributed by atoms with Crippen LogP contribution in [0.5, 0.6) is 5.75 Å². The van der Waals surface area contributed by atoms with Gasteiger partial charge in [-0.1, -0.05) is 24.3 Å². The molecule has 5 rings (SSSR count). The summed E-state index contributed by atoms with van der Waals surface area (Å²) in [5.41, 5.74) is 2.32. The normalized spacial score (nSPS) is 14.6. The van der Waals surface area contributed by atoms with Gasteiger partial charge in [0.15, 0.2) is 0 Å². The van der Waals surface area contributed by atoms with Crippen LogP contribution in [0.2, 0.25) is 0 Å². The van der Waals surface area contributed by atoms with Gasteiger partial charge in [0.25, 0.3) is 5.56 Å². The topological polar surface area (TPSA) is 96.8 Å². The van der Waals surface area contributed by atoms with E-state index in [0.29, 0.717) is 49.8 Å². The maximum absolute atomic E-state index is 13.1. The third-order valence-electron chi connectivity index (χ3n) is 8.08. The zero-order valence-electron chi connectivity index (χ0n) is 25.3. The number of hydrogen-bond acceptors (Lipinski definition) is 6. The van der Waals surface area contributed by atoms with Gasteiger partial charge < -0.3 is 24.4 Å². The Morgan fingerprint density at radius 2 is 1.77 bits per heavy atom. The van der Waals surface area contributed by atoms with Gasteiger partial charge >= 0.3 is 0 Å². The zero-order valence-corrected chi connectivity index (χ0v) is 25.3. The number of ether oxygens (including phenoxy) is 1. The van der Waals surface area contributed by atoms with Crippen LogP contribution in [0.1, 0.15) is 38.4 Å². The van der Waals surface area contributed by atoms with Crippen molar-refractivity contribution in [3.05, 3.63) is 94.7 Å². The van der Waals surface area contributed by atoms with Crippen LogP contribution in [-0.4, -0.2) is 48.1 Å². The number of nitrogens with zero attached hydrogens (tertiary/aromatic N) is 4. The van der Waals surface area contributed by atoms with Crippen molar-refractivity contribution >= 4 is 34.0 Å². The van der Waals surface area contributed by atoms with Gasteiger partial charge in [0, 0.05) is 62.6 Å². The predicted molar refractivity (Wildman–Crippen MR) is 170 cm³/mol. The molecule has 0 radical (unpaired) electrons. The van der Waals surface area contributed by atoms with Crippen LogP contribution in [0.25, 0.3) is 10.8 Å². The van der Waals surface area contributed by atoms with Crippen molar-refractivity contribution in [2.75, 3.05) is 36.5 Å². The molecule has 9 nitrogen and oxygen atoms in total. The molecule has 0 aliphatic carbocycles. The SMILES string of the molecule is CCN1C(=O)C(C)(C)C(=O)N(C)c2cc(OCCCNCc3cccnc3CCn3ccc4ccccc4c3=O)ccc21. The number of carbonyl (C=O) groups is 2. The van der Waals surface area contributed by atoms with Crippen molar-refractivity contribution in [1.29, 1.82) is 0 Å². The molecule has 43 heavy (non-hydrogen) atoms. The lowest BCUT2D eigenvalue weighted by atomic mass is 9.90. The van der Waals surface area contributed by atoms with Crippen molar-refractivity contribution in [3.8, 4) is 5.75 Å². The van der Waals surface area contributed by atoms with E-state index in [-0.39, 0.29) is 17.4 Å². The first kappa shape index (κ1) is 30.0. The summed E-state index contributed by atoms with van der Waals surface area (Å²) < 4.78 is 7.77. The molecule has 9 heteroatoms. The lowest BCUT2D eigenvalue weighted by molar-refractivity contribution is -0.137. The van der Waals surface area contributed by atoms with Crippen LogP contribution in [0.4, 0.5) is 11.4 Å². The van der Waals surface area contributed by atoms with Gasteiger partial charge in [0.05, 0.1) is 18.0 Å². The van der Waals surface area contributed by atoms with Gasteiger partial charge in [-0.15, -0.1) is 0 Å². The molecule has 224 valence electrons. The monoisotopic (exact) mass is 581 g/mol. The number of benzene rings is 2. The first-order valence-electron chi connectivity index (χ1n) is 14.8. The number of rotatable bonds is 11. The second-order valence-corrected chi connectivity index (χ2v) is 11.3. The van der Waals surface area contributed by atoms with Crippen LogP contribution >= 0.6 is 0 Å². The molecule has 1 N–H and O–H groups in total. The summed E-state index contributed by atoms with van der Waals surface area (Å²) >= 11 is 0. The maximum atomic E-state index is 13.1. The van der Waals surface area contributed by atoms with Crippen molar-refractivity contribution in [2.24, 2.45) is 5.41 Å². The highest BCUT2D eigenvalue weighted by Crippen LogP contribution is 2.40. The van der Waals surface area contributed by atoms with Crippen molar-refractivity contribution in [1.82, 2.24) is 14.9 Å². The van der Waals surface area contributed by atoms with E-state index >= 15 is 0 Å². The second kappa shape index (κ2) is 12.8. The number of aryl methyl sites for hydroxylation is 2. The largest absolute Gasteiger partial charge is 0.493 e. The van der Waals surface area contributed by atoms with E-state index in [1.165, 1.54) is 0 Å². The molecule has 1 aliphatic heterocycles. The number of amides is 2. The Bertz CT molecular complexity index is 1700. The highest BCUT2D eigenvalue weighted by molar-refractivity contribution is 6.20. The van der Waals surface area contributed by atoms with E-state index < -0.39 is 5.41 Å². The highest BCUT2D eigenvalue weighted by Gasteiger charge is 2.45. The minimum Gasteiger partial charge on any atom is -0.493 e. The van der Waals surface area contributed by atoms with Crippen molar-refractivity contribution < 1.29 is 14.3 Å². The molecular weight excluding hydrogens is 542 g/mol. The summed E-state index contributed by atoms with van der Waals surface area (Å²) in [5, 5.41) is 5.15. The van der Waals surface area contributed by atoms with Crippen molar-refractivity contribution in [3.63, 3.8) is 0 Å². The Hall–Kier alpha value is -4.50. The van der Waals surface area contributed by atoms with E-state index in [1.807, 2.05) is 67.7 Å². The first-order chi connectivity index (χ1) is 20.7. The van der Waals surface area contributed by atoms with Gasteiger partial charge in [-0.2, -0.15) is 0 Å². The average Bonchev–Trinajstić information content (AvgIpc) is 3.07. The van der Waals surface area contributed by atoms with Gasteiger partial charge in [-0.05, 0) is 75.0 Å².